The number of methoxy groups -OCH3 is 1. The number of urea groups is 1. The van der Waals surface area contributed by atoms with Crippen LogP contribution in [0.15, 0.2) is 24.3 Å². The Morgan fingerprint density at radius 2 is 2.00 bits per heavy atom. The van der Waals surface area contributed by atoms with Gasteiger partial charge in [-0.25, -0.2) is 4.79 Å². The molecular formula is C26H40N4O7. The number of ether oxygens (including phenoxy) is 4. The Labute approximate surface area is 218 Å². The van der Waals surface area contributed by atoms with Gasteiger partial charge in [-0.05, 0) is 37.9 Å². The summed E-state index contributed by atoms with van der Waals surface area (Å²) in [4.78, 5) is 29.8. The van der Waals surface area contributed by atoms with E-state index in [9.17, 15) is 14.7 Å². The van der Waals surface area contributed by atoms with Crippen molar-refractivity contribution in [3.63, 3.8) is 0 Å². The van der Waals surface area contributed by atoms with Gasteiger partial charge in [0.15, 0.2) is 0 Å². The third-order valence-electron chi connectivity index (χ3n) is 7.05. The van der Waals surface area contributed by atoms with Crippen molar-refractivity contribution >= 4 is 17.6 Å². The first-order valence-electron chi connectivity index (χ1n) is 13.2. The van der Waals surface area contributed by atoms with Gasteiger partial charge in [0.25, 0.3) is 0 Å². The summed E-state index contributed by atoms with van der Waals surface area (Å²) >= 11 is 0. The maximum absolute atomic E-state index is 13.2. The summed E-state index contributed by atoms with van der Waals surface area (Å²) in [7, 11) is 1.57. The highest BCUT2D eigenvalue weighted by atomic mass is 16.5. The lowest BCUT2D eigenvalue weighted by atomic mass is 9.95. The first kappa shape index (κ1) is 27.6. The number of hydrogen-bond acceptors (Lipinski definition) is 8. The van der Waals surface area contributed by atoms with E-state index in [4.69, 9.17) is 18.9 Å². The van der Waals surface area contributed by atoms with Crippen molar-refractivity contribution in [2.75, 3.05) is 71.6 Å². The second-order valence-electron chi connectivity index (χ2n) is 9.81. The number of nitrogens with zero attached hydrogens (tertiary/aromatic N) is 2. The number of benzene rings is 1. The van der Waals surface area contributed by atoms with Crippen molar-refractivity contribution in [3.8, 4) is 5.75 Å². The molecule has 0 saturated carbocycles. The standard InChI is InChI=1S/C26H40N4O7/c1-34-21-5-2-4-19(14-21)28-26(33)30-16-20(31)17-36-18-24-23(30)7-6-22(37-24)15-25(32)27-8-3-9-29-10-12-35-13-11-29/h2,4-5,14,20,22-24,31H,3,6-13,15-18H2,1H3,(H,27,32)(H,28,33)/t20-,22+,23+,24-/m0/s1. The van der Waals surface area contributed by atoms with E-state index in [1.165, 1.54) is 0 Å². The van der Waals surface area contributed by atoms with Gasteiger partial charge >= 0.3 is 6.03 Å². The van der Waals surface area contributed by atoms with Gasteiger partial charge in [0.2, 0.25) is 5.91 Å². The number of hydrogen-bond donors (Lipinski definition) is 3. The fourth-order valence-corrected chi connectivity index (χ4v) is 5.10. The number of amides is 3. The van der Waals surface area contributed by atoms with Crippen LogP contribution in [0.25, 0.3) is 0 Å². The van der Waals surface area contributed by atoms with Gasteiger partial charge in [-0.15, -0.1) is 0 Å². The number of aliphatic hydroxyl groups excluding tert-OH is 1. The van der Waals surface area contributed by atoms with E-state index < -0.39 is 6.10 Å². The largest absolute Gasteiger partial charge is 0.497 e. The summed E-state index contributed by atoms with van der Waals surface area (Å²) in [6.07, 6.45) is 1.06. The highest BCUT2D eigenvalue weighted by Crippen LogP contribution is 2.28. The molecule has 37 heavy (non-hydrogen) atoms. The maximum atomic E-state index is 13.2. The molecule has 0 aliphatic carbocycles. The topological polar surface area (TPSA) is 122 Å². The molecule has 4 atom stereocenters. The van der Waals surface area contributed by atoms with Crippen LogP contribution in [0, 0.1) is 0 Å². The number of nitrogens with one attached hydrogen (secondary N) is 2. The molecule has 1 aromatic rings. The smallest absolute Gasteiger partial charge is 0.322 e. The monoisotopic (exact) mass is 520 g/mol. The molecule has 0 radical (unpaired) electrons. The summed E-state index contributed by atoms with van der Waals surface area (Å²) in [5.41, 5.74) is 0.605. The van der Waals surface area contributed by atoms with Crippen molar-refractivity contribution in [2.24, 2.45) is 0 Å². The molecule has 3 amide bonds. The molecule has 3 heterocycles. The van der Waals surface area contributed by atoms with Crippen LogP contribution in [-0.4, -0.2) is 117 Å². The van der Waals surface area contributed by atoms with Gasteiger partial charge in [-0.3, -0.25) is 9.69 Å². The number of anilines is 1. The Hall–Kier alpha value is -2.44. The third kappa shape index (κ3) is 8.27. The number of fused-ring (bicyclic) bond motifs is 1. The predicted octanol–water partition coefficient (Wildman–Crippen LogP) is 1.07. The second-order valence-corrected chi connectivity index (χ2v) is 9.81. The lowest BCUT2D eigenvalue weighted by Crippen LogP contribution is -2.58. The molecule has 11 nitrogen and oxygen atoms in total. The van der Waals surface area contributed by atoms with Crippen LogP contribution >= 0.6 is 0 Å². The van der Waals surface area contributed by atoms with Crippen molar-refractivity contribution in [1.82, 2.24) is 15.1 Å². The SMILES string of the molecule is COc1cccc(NC(=O)N2C[C@H](O)COC[C@@H]3O[C@@H](CC(=O)NCCCN4CCOCC4)CC[C@H]32)c1. The number of morpholine rings is 1. The fraction of sp³-hybridized carbons (Fsp3) is 0.692. The van der Waals surface area contributed by atoms with E-state index in [0.29, 0.717) is 30.8 Å². The zero-order valence-corrected chi connectivity index (χ0v) is 21.6. The van der Waals surface area contributed by atoms with Crippen molar-refractivity contribution in [1.29, 1.82) is 0 Å². The van der Waals surface area contributed by atoms with Crippen molar-refractivity contribution < 1.29 is 33.6 Å². The highest BCUT2D eigenvalue weighted by molar-refractivity contribution is 5.89. The van der Waals surface area contributed by atoms with E-state index >= 15 is 0 Å². The molecule has 3 fully saturated rings. The van der Waals surface area contributed by atoms with Gasteiger partial charge in [0.05, 0.1) is 64.8 Å². The molecule has 3 aliphatic heterocycles. The van der Waals surface area contributed by atoms with E-state index in [0.717, 1.165) is 39.3 Å². The predicted molar refractivity (Wildman–Crippen MR) is 137 cm³/mol. The average Bonchev–Trinajstić information content (AvgIpc) is 2.90. The van der Waals surface area contributed by atoms with Gasteiger partial charge in [0, 0.05) is 31.4 Å². The Balaban J connectivity index is 1.27. The van der Waals surface area contributed by atoms with Gasteiger partial charge < -0.3 is 39.6 Å². The quantitative estimate of drug-likeness (QED) is 0.435. The summed E-state index contributed by atoms with van der Waals surface area (Å²) < 4.78 is 22.5. The van der Waals surface area contributed by atoms with Crippen LogP contribution < -0.4 is 15.4 Å². The molecule has 1 aromatic carbocycles. The molecule has 3 N–H and O–H groups in total. The Morgan fingerprint density at radius 1 is 1.16 bits per heavy atom. The second kappa shape index (κ2) is 13.9. The van der Waals surface area contributed by atoms with Crippen LogP contribution in [0.4, 0.5) is 10.5 Å². The number of carbonyl (C=O) groups excluding carboxylic acids is 2. The number of aliphatic hydroxyl groups is 1. The molecule has 206 valence electrons. The number of β-amino-alcohol motifs (C(OH)–C–C–N with tert-alkyl or cyclic N) is 1. The van der Waals surface area contributed by atoms with Crippen LogP contribution in [0.3, 0.4) is 0 Å². The first-order valence-corrected chi connectivity index (χ1v) is 13.2. The van der Waals surface area contributed by atoms with Crippen molar-refractivity contribution in [2.45, 2.75) is 50.0 Å². The van der Waals surface area contributed by atoms with Gasteiger partial charge in [0.1, 0.15) is 11.9 Å². The first-order chi connectivity index (χ1) is 18.0. The van der Waals surface area contributed by atoms with Crippen LogP contribution in [-0.2, 0) is 19.0 Å². The Bertz CT molecular complexity index is 882. The molecule has 0 spiro atoms. The summed E-state index contributed by atoms with van der Waals surface area (Å²) in [5.74, 6) is 0.611. The minimum absolute atomic E-state index is 0.0276. The zero-order chi connectivity index (χ0) is 26.0. The lowest BCUT2D eigenvalue weighted by Gasteiger charge is -2.44. The maximum Gasteiger partial charge on any atom is 0.322 e. The van der Waals surface area contributed by atoms with E-state index in [2.05, 4.69) is 15.5 Å². The number of rotatable bonds is 8. The van der Waals surface area contributed by atoms with Gasteiger partial charge in [-0.1, -0.05) is 6.07 Å². The Morgan fingerprint density at radius 3 is 2.81 bits per heavy atom. The minimum Gasteiger partial charge on any atom is -0.497 e. The molecule has 0 aromatic heterocycles. The Kier molecular flexibility index (Phi) is 10.4. The number of carbonyl (C=O) groups is 2. The minimum atomic E-state index is -0.794. The van der Waals surface area contributed by atoms with E-state index in [1.54, 1.807) is 36.3 Å². The summed E-state index contributed by atoms with van der Waals surface area (Å²) in [5, 5.41) is 16.3. The summed E-state index contributed by atoms with van der Waals surface area (Å²) in [6, 6.07) is 6.55. The average molecular weight is 521 g/mol. The lowest BCUT2D eigenvalue weighted by molar-refractivity contribution is -0.149. The molecule has 0 bridgehead atoms. The van der Waals surface area contributed by atoms with Crippen LogP contribution in [0.1, 0.15) is 25.7 Å². The molecule has 3 saturated heterocycles. The van der Waals surface area contributed by atoms with Crippen LogP contribution in [0.5, 0.6) is 5.75 Å². The highest BCUT2D eigenvalue weighted by Gasteiger charge is 2.40. The summed E-state index contributed by atoms with van der Waals surface area (Å²) in [6.45, 7) is 5.52. The van der Waals surface area contributed by atoms with Gasteiger partial charge in [-0.2, -0.15) is 0 Å². The molecular weight excluding hydrogens is 480 g/mol. The normalized spacial score (nSPS) is 26.9. The van der Waals surface area contributed by atoms with E-state index in [-0.39, 0.29) is 56.4 Å². The molecule has 4 rings (SSSR count). The fourth-order valence-electron chi connectivity index (χ4n) is 5.10. The third-order valence-corrected chi connectivity index (χ3v) is 7.05. The molecule has 3 aliphatic rings. The molecule has 0 unspecified atom stereocenters. The van der Waals surface area contributed by atoms with E-state index in [1.807, 2.05) is 0 Å². The molecule has 11 heteroatoms. The van der Waals surface area contributed by atoms with Crippen LogP contribution in [0.2, 0.25) is 0 Å². The van der Waals surface area contributed by atoms with Crippen molar-refractivity contribution in [3.05, 3.63) is 24.3 Å². The zero-order valence-electron chi connectivity index (χ0n) is 21.6.